The van der Waals surface area contributed by atoms with Crippen LogP contribution in [0, 0.1) is 5.82 Å². The number of benzene rings is 1. The lowest BCUT2D eigenvalue weighted by atomic mass is 10.1. The minimum absolute atomic E-state index is 0.0473. The van der Waals surface area contributed by atoms with Gasteiger partial charge in [-0.3, -0.25) is 4.90 Å². The highest BCUT2D eigenvalue weighted by Crippen LogP contribution is 2.23. The fourth-order valence-electron chi connectivity index (χ4n) is 2.22. The van der Waals surface area contributed by atoms with Gasteiger partial charge in [0.2, 0.25) is 0 Å². The van der Waals surface area contributed by atoms with Crippen molar-refractivity contribution in [3.63, 3.8) is 0 Å². The molecule has 0 aromatic heterocycles. The van der Waals surface area contributed by atoms with Crippen molar-refractivity contribution in [1.29, 1.82) is 0 Å². The molecule has 1 aromatic rings. The molecule has 0 N–H and O–H groups in total. The van der Waals surface area contributed by atoms with Crippen molar-refractivity contribution in [1.82, 2.24) is 4.90 Å². The summed E-state index contributed by atoms with van der Waals surface area (Å²) >= 11 is 0. The molecule has 7 heteroatoms. The fourth-order valence-corrected chi connectivity index (χ4v) is 2.98. The third-order valence-electron chi connectivity index (χ3n) is 3.30. The Morgan fingerprint density at radius 2 is 1.95 bits per heavy atom. The normalized spacial score (nSPS) is 17.1. The van der Waals surface area contributed by atoms with E-state index in [9.17, 15) is 12.8 Å². The standard InChI is InChI=1S/C13H17ClFNO3S/c14-20(17,18)11-4-5-13(12(15)10-11)19-9-8-16-6-2-1-3-7-16/h4-5,10H,1-3,6-9H2. The van der Waals surface area contributed by atoms with Gasteiger partial charge in [-0.25, -0.2) is 12.8 Å². The Balaban J connectivity index is 1.90. The number of piperidine rings is 1. The van der Waals surface area contributed by atoms with Gasteiger partial charge in [0.25, 0.3) is 9.05 Å². The number of likely N-dealkylation sites (tertiary alicyclic amines) is 1. The van der Waals surface area contributed by atoms with Gasteiger partial charge in [0.1, 0.15) is 6.61 Å². The zero-order valence-corrected chi connectivity index (χ0v) is 12.6. The van der Waals surface area contributed by atoms with Crippen LogP contribution in [0.25, 0.3) is 0 Å². The van der Waals surface area contributed by atoms with E-state index in [-0.39, 0.29) is 10.6 Å². The van der Waals surface area contributed by atoms with Crippen LogP contribution in [0.4, 0.5) is 4.39 Å². The SMILES string of the molecule is O=S(=O)(Cl)c1ccc(OCCN2CCCCC2)c(F)c1. The number of halogens is 2. The molecule has 1 saturated heterocycles. The average molecular weight is 322 g/mol. The molecular weight excluding hydrogens is 305 g/mol. The van der Waals surface area contributed by atoms with E-state index in [1.807, 2.05) is 0 Å². The van der Waals surface area contributed by atoms with Crippen molar-refractivity contribution < 1.29 is 17.5 Å². The van der Waals surface area contributed by atoms with Crippen LogP contribution >= 0.6 is 10.7 Å². The Labute approximate surface area is 122 Å². The van der Waals surface area contributed by atoms with Gasteiger partial charge >= 0.3 is 0 Å². The van der Waals surface area contributed by atoms with Gasteiger partial charge in [-0.2, -0.15) is 0 Å². The topological polar surface area (TPSA) is 46.6 Å². The molecule has 1 aliphatic rings. The molecule has 0 spiro atoms. The van der Waals surface area contributed by atoms with Crippen LogP contribution in [0.3, 0.4) is 0 Å². The van der Waals surface area contributed by atoms with E-state index in [0.717, 1.165) is 25.7 Å². The molecule has 20 heavy (non-hydrogen) atoms. The Bertz CT molecular complexity index is 559. The molecule has 2 rings (SSSR count). The first-order chi connectivity index (χ1) is 9.47. The number of rotatable bonds is 5. The largest absolute Gasteiger partial charge is 0.489 e. The van der Waals surface area contributed by atoms with Crippen molar-refractivity contribution in [2.45, 2.75) is 24.2 Å². The molecule has 0 amide bonds. The molecule has 1 aliphatic heterocycles. The van der Waals surface area contributed by atoms with Crippen LogP contribution in [0.2, 0.25) is 0 Å². The monoisotopic (exact) mass is 321 g/mol. The minimum atomic E-state index is -3.91. The van der Waals surface area contributed by atoms with E-state index in [4.69, 9.17) is 15.4 Å². The molecule has 0 radical (unpaired) electrons. The highest BCUT2D eigenvalue weighted by Gasteiger charge is 2.14. The second-order valence-electron chi connectivity index (χ2n) is 4.78. The van der Waals surface area contributed by atoms with E-state index in [1.165, 1.54) is 31.4 Å². The molecule has 0 atom stereocenters. The molecule has 1 aromatic carbocycles. The molecule has 0 aliphatic carbocycles. The van der Waals surface area contributed by atoms with Crippen LogP contribution in [-0.4, -0.2) is 39.6 Å². The molecule has 4 nitrogen and oxygen atoms in total. The summed E-state index contributed by atoms with van der Waals surface area (Å²) in [6.45, 7) is 3.23. The predicted molar refractivity (Wildman–Crippen MR) is 75.2 cm³/mol. The maximum absolute atomic E-state index is 13.7. The number of hydrogen-bond acceptors (Lipinski definition) is 4. The second kappa shape index (κ2) is 6.74. The number of ether oxygens (including phenoxy) is 1. The smallest absolute Gasteiger partial charge is 0.261 e. The van der Waals surface area contributed by atoms with Crippen molar-refractivity contribution in [3.05, 3.63) is 24.0 Å². The third-order valence-corrected chi connectivity index (χ3v) is 4.65. The van der Waals surface area contributed by atoms with E-state index in [1.54, 1.807) is 0 Å². The second-order valence-corrected chi connectivity index (χ2v) is 7.35. The Hall–Kier alpha value is -0.850. The number of nitrogens with zero attached hydrogens (tertiary/aromatic N) is 1. The van der Waals surface area contributed by atoms with Gasteiger partial charge in [-0.1, -0.05) is 6.42 Å². The summed E-state index contributed by atoms with van der Waals surface area (Å²) in [5.74, 6) is -0.670. The van der Waals surface area contributed by atoms with E-state index in [2.05, 4.69) is 4.90 Å². The van der Waals surface area contributed by atoms with Crippen LogP contribution in [0.15, 0.2) is 23.1 Å². The summed E-state index contributed by atoms with van der Waals surface area (Å²) in [6, 6.07) is 3.40. The van der Waals surface area contributed by atoms with Crippen molar-refractivity contribution >= 4 is 19.7 Å². The third kappa shape index (κ3) is 4.33. The molecule has 1 heterocycles. The molecule has 0 bridgehead atoms. The lowest BCUT2D eigenvalue weighted by Gasteiger charge is -2.26. The lowest BCUT2D eigenvalue weighted by molar-refractivity contribution is 0.180. The van der Waals surface area contributed by atoms with Gasteiger partial charge in [0, 0.05) is 17.2 Å². The van der Waals surface area contributed by atoms with Gasteiger partial charge in [0.05, 0.1) is 4.90 Å². The molecular formula is C13H17ClFNO3S. The average Bonchev–Trinajstić information content (AvgIpc) is 2.40. The van der Waals surface area contributed by atoms with Crippen molar-refractivity contribution in [3.8, 4) is 5.75 Å². The maximum atomic E-state index is 13.7. The Morgan fingerprint density at radius 3 is 2.55 bits per heavy atom. The quantitative estimate of drug-likeness (QED) is 0.782. The highest BCUT2D eigenvalue weighted by atomic mass is 35.7. The van der Waals surface area contributed by atoms with E-state index >= 15 is 0 Å². The summed E-state index contributed by atoms with van der Waals surface area (Å²) in [5.41, 5.74) is 0. The summed E-state index contributed by atoms with van der Waals surface area (Å²) < 4.78 is 41.2. The molecule has 1 fully saturated rings. The minimum Gasteiger partial charge on any atom is -0.489 e. The van der Waals surface area contributed by atoms with Crippen molar-refractivity contribution in [2.24, 2.45) is 0 Å². The van der Waals surface area contributed by atoms with E-state index < -0.39 is 14.9 Å². The summed E-state index contributed by atoms with van der Waals surface area (Å²) in [5, 5.41) is 0. The molecule has 0 unspecified atom stereocenters. The van der Waals surface area contributed by atoms with Crippen LogP contribution in [0.5, 0.6) is 5.75 Å². The number of hydrogen-bond donors (Lipinski definition) is 0. The van der Waals surface area contributed by atoms with Crippen molar-refractivity contribution in [2.75, 3.05) is 26.2 Å². The molecule has 0 saturated carbocycles. The van der Waals surface area contributed by atoms with Crippen LogP contribution in [-0.2, 0) is 9.05 Å². The Morgan fingerprint density at radius 1 is 1.25 bits per heavy atom. The summed E-state index contributed by atoms with van der Waals surface area (Å²) in [7, 11) is 1.24. The van der Waals surface area contributed by atoms with Crippen LogP contribution in [0.1, 0.15) is 19.3 Å². The Kier molecular flexibility index (Phi) is 5.23. The first-order valence-electron chi connectivity index (χ1n) is 6.56. The van der Waals surface area contributed by atoms with E-state index in [0.29, 0.717) is 6.61 Å². The van der Waals surface area contributed by atoms with Gasteiger partial charge in [0.15, 0.2) is 11.6 Å². The van der Waals surface area contributed by atoms with Crippen LogP contribution < -0.4 is 4.74 Å². The van der Waals surface area contributed by atoms with Gasteiger partial charge in [-0.05, 0) is 44.1 Å². The maximum Gasteiger partial charge on any atom is 0.261 e. The van der Waals surface area contributed by atoms with Gasteiger partial charge in [-0.15, -0.1) is 0 Å². The zero-order valence-electron chi connectivity index (χ0n) is 11.0. The van der Waals surface area contributed by atoms with Gasteiger partial charge < -0.3 is 4.74 Å². The predicted octanol–water partition coefficient (Wildman–Crippen LogP) is 2.62. The summed E-state index contributed by atoms with van der Waals surface area (Å²) in [4.78, 5) is 2.01. The fraction of sp³-hybridized carbons (Fsp3) is 0.538. The highest BCUT2D eigenvalue weighted by molar-refractivity contribution is 8.13. The summed E-state index contributed by atoms with van der Waals surface area (Å²) in [6.07, 6.45) is 3.65. The first-order valence-corrected chi connectivity index (χ1v) is 8.87. The lowest BCUT2D eigenvalue weighted by Crippen LogP contribution is -2.33. The zero-order chi connectivity index (χ0) is 14.6. The first kappa shape index (κ1) is 15.5. The molecule has 112 valence electrons.